The van der Waals surface area contributed by atoms with Crippen LogP contribution >= 0.6 is 11.6 Å². The summed E-state index contributed by atoms with van der Waals surface area (Å²) in [5.41, 5.74) is 5.09. The third-order valence-corrected chi connectivity index (χ3v) is 3.89. The molecule has 0 atom stereocenters. The van der Waals surface area contributed by atoms with Gasteiger partial charge in [-0.3, -0.25) is 25.2 Å². The zero-order valence-electron chi connectivity index (χ0n) is 15.6. The highest BCUT2D eigenvalue weighted by molar-refractivity contribution is 6.30. The van der Waals surface area contributed by atoms with Crippen molar-refractivity contribution in [1.82, 2.24) is 15.8 Å². The number of carbonyl (C=O) groups excluding carboxylic acids is 3. The van der Waals surface area contributed by atoms with Crippen molar-refractivity contribution in [3.63, 3.8) is 0 Å². The SMILES string of the molecule is COc1cc(Cl)ccc1C(=O)NNC(=O)c1cccc(OCC(=O)N(C)C)c1. The number of nitrogens with one attached hydrogen (secondary N) is 2. The lowest BCUT2D eigenvalue weighted by Gasteiger charge is -2.12. The van der Waals surface area contributed by atoms with Crippen molar-refractivity contribution >= 4 is 29.3 Å². The molecular weight excluding hydrogens is 386 g/mol. The number of amides is 3. The van der Waals surface area contributed by atoms with Crippen LogP contribution in [-0.4, -0.2) is 50.4 Å². The number of hydrazine groups is 1. The summed E-state index contributed by atoms with van der Waals surface area (Å²) in [6, 6.07) is 10.8. The summed E-state index contributed by atoms with van der Waals surface area (Å²) < 4.78 is 10.5. The minimum absolute atomic E-state index is 0.148. The van der Waals surface area contributed by atoms with Crippen LogP contribution in [-0.2, 0) is 4.79 Å². The zero-order chi connectivity index (χ0) is 20.7. The summed E-state index contributed by atoms with van der Waals surface area (Å²) in [6.45, 7) is -0.148. The van der Waals surface area contributed by atoms with Crippen LogP contribution in [0.4, 0.5) is 0 Å². The van der Waals surface area contributed by atoms with Gasteiger partial charge in [0.05, 0.1) is 12.7 Å². The van der Waals surface area contributed by atoms with E-state index in [0.717, 1.165) is 0 Å². The molecule has 0 aliphatic heterocycles. The second kappa shape index (κ2) is 9.61. The summed E-state index contributed by atoms with van der Waals surface area (Å²) in [4.78, 5) is 37.5. The van der Waals surface area contributed by atoms with Gasteiger partial charge in [0.1, 0.15) is 11.5 Å². The number of nitrogens with zero attached hydrogens (tertiary/aromatic N) is 1. The van der Waals surface area contributed by atoms with Crippen LogP contribution in [0.1, 0.15) is 20.7 Å². The average Bonchev–Trinajstić information content (AvgIpc) is 2.69. The third-order valence-electron chi connectivity index (χ3n) is 3.66. The number of hydrogen-bond acceptors (Lipinski definition) is 5. The van der Waals surface area contributed by atoms with E-state index in [1.54, 1.807) is 32.3 Å². The Morgan fingerprint density at radius 3 is 2.43 bits per heavy atom. The molecule has 0 radical (unpaired) electrons. The molecule has 0 spiro atoms. The molecule has 0 aromatic heterocycles. The first-order valence-corrected chi connectivity index (χ1v) is 8.57. The van der Waals surface area contributed by atoms with Crippen molar-refractivity contribution in [2.24, 2.45) is 0 Å². The van der Waals surface area contributed by atoms with Gasteiger partial charge in [0.15, 0.2) is 6.61 Å². The molecule has 0 fully saturated rings. The Balaban J connectivity index is 1.99. The maximum atomic E-state index is 12.3. The number of carbonyl (C=O) groups is 3. The van der Waals surface area contributed by atoms with Gasteiger partial charge in [-0.15, -0.1) is 0 Å². The van der Waals surface area contributed by atoms with Crippen molar-refractivity contribution < 1.29 is 23.9 Å². The fourth-order valence-electron chi connectivity index (χ4n) is 2.11. The molecule has 2 N–H and O–H groups in total. The predicted octanol–water partition coefficient (Wildman–Crippen LogP) is 1.89. The molecule has 0 aliphatic carbocycles. The van der Waals surface area contributed by atoms with Gasteiger partial charge in [0.25, 0.3) is 17.7 Å². The fourth-order valence-corrected chi connectivity index (χ4v) is 2.27. The lowest BCUT2D eigenvalue weighted by molar-refractivity contribution is -0.130. The maximum Gasteiger partial charge on any atom is 0.273 e. The Kier molecular flexibility index (Phi) is 7.22. The predicted molar refractivity (Wildman–Crippen MR) is 104 cm³/mol. The maximum absolute atomic E-state index is 12.3. The Bertz CT molecular complexity index is 886. The van der Waals surface area contributed by atoms with Gasteiger partial charge in [-0.05, 0) is 36.4 Å². The highest BCUT2D eigenvalue weighted by Gasteiger charge is 2.14. The summed E-state index contributed by atoms with van der Waals surface area (Å²) in [6.07, 6.45) is 0. The molecule has 9 heteroatoms. The number of ether oxygens (including phenoxy) is 2. The standard InChI is InChI=1S/C19H20ClN3O5/c1-23(2)17(24)11-28-14-6-4-5-12(9-14)18(25)21-22-19(26)15-8-7-13(20)10-16(15)27-3/h4-10H,11H2,1-3H3,(H,21,25)(H,22,26). The van der Waals surface area contributed by atoms with Crippen LogP contribution < -0.4 is 20.3 Å². The van der Waals surface area contributed by atoms with Crippen LogP contribution in [0.25, 0.3) is 0 Å². The number of rotatable bonds is 6. The Hall–Kier alpha value is -3.26. The number of benzene rings is 2. The van der Waals surface area contributed by atoms with Crippen LogP contribution in [0.5, 0.6) is 11.5 Å². The van der Waals surface area contributed by atoms with Gasteiger partial charge in [-0.25, -0.2) is 0 Å². The van der Waals surface area contributed by atoms with E-state index < -0.39 is 11.8 Å². The van der Waals surface area contributed by atoms with Gasteiger partial charge < -0.3 is 14.4 Å². The largest absolute Gasteiger partial charge is 0.496 e. The van der Waals surface area contributed by atoms with E-state index in [1.165, 1.54) is 36.3 Å². The Morgan fingerprint density at radius 2 is 1.75 bits per heavy atom. The molecule has 0 unspecified atom stereocenters. The monoisotopic (exact) mass is 405 g/mol. The fraction of sp³-hybridized carbons (Fsp3) is 0.211. The third kappa shape index (κ3) is 5.62. The van der Waals surface area contributed by atoms with Crippen molar-refractivity contribution in [2.75, 3.05) is 27.8 Å². The van der Waals surface area contributed by atoms with E-state index in [1.807, 2.05) is 0 Å². The van der Waals surface area contributed by atoms with Crippen LogP contribution in [0.15, 0.2) is 42.5 Å². The van der Waals surface area contributed by atoms with Crippen molar-refractivity contribution in [1.29, 1.82) is 0 Å². The van der Waals surface area contributed by atoms with Gasteiger partial charge in [-0.1, -0.05) is 17.7 Å². The minimum atomic E-state index is -0.564. The lowest BCUT2D eigenvalue weighted by atomic mass is 10.2. The number of halogens is 1. The average molecular weight is 406 g/mol. The van der Waals surface area contributed by atoms with Crippen molar-refractivity contribution in [2.45, 2.75) is 0 Å². The van der Waals surface area contributed by atoms with Gasteiger partial charge in [-0.2, -0.15) is 0 Å². The molecule has 0 saturated heterocycles. The van der Waals surface area contributed by atoms with Gasteiger partial charge >= 0.3 is 0 Å². The molecule has 2 rings (SSSR count). The Morgan fingerprint density at radius 1 is 1.04 bits per heavy atom. The van der Waals surface area contributed by atoms with E-state index in [2.05, 4.69) is 10.9 Å². The molecule has 0 bridgehead atoms. The van der Waals surface area contributed by atoms with Crippen LogP contribution in [0, 0.1) is 0 Å². The molecule has 148 valence electrons. The van der Waals surface area contributed by atoms with Crippen LogP contribution in [0.2, 0.25) is 5.02 Å². The highest BCUT2D eigenvalue weighted by Crippen LogP contribution is 2.22. The van der Waals surface area contributed by atoms with E-state index >= 15 is 0 Å². The van der Waals surface area contributed by atoms with E-state index in [9.17, 15) is 14.4 Å². The van der Waals surface area contributed by atoms with E-state index in [-0.39, 0.29) is 29.4 Å². The first-order valence-electron chi connectivity index (χ1n) is 8.19. The summed E-state index contributed by atoms with van der Waals surface area (Å²) in [7, 11) is 4.65. The summed E-state index contributed by atoms with van der Waals surface area (Å²) in [5.74, 6) is -0.690. The molecular formula is C19H20ClN3O5. The molecule has 3 amide bonds. The molecule has 0 heterocycles. The van der Waals surface area contributed by atoms with Gasteiger partial charge in [0.2, 0.25) is 0 Å². The Labute approximate surface area is 167 Å². The quantitative estimate of drug-likeness (QED) is 0.715. The topological polar surface area (TPSA) is 97.0 Å². The first-order chi connectivity index (χ1) is 13.3. The smallest absolute Gasteiger partial charge is 0.273 e. The molecule has 0 aliphatic rings. The lowest BCUT2D eigenvalue weighted by Crippen LogP contribution is -2.41. The molecule has 0 saturated carbocycles. The summed E-state index contributed by atoms with van der Waals surface area (Å²) in [5, 5.41) is 0.419. The molecule has 2 aromatic carbocycles. The number of likely N-dealkylation sites (N-methyl/N-ethyl adjacent to an activating group) is 1. The summed E-state index contributed by atoms with van der Waals surface area (Å²) >= 11 is 5.87. The van der Waals surface area contributed by atoms with E-state index in [0.29, 0.717) is 10.8 Å². The normalized spacial score (nSPS) is 10.0. The second-order valence-corrected chi connectivity index (χ2v) is 6.29. The molecule has 28 heavy (non-hydrogen) atoms. The van der Waals surface area contributed by atoms with Crippen LogP contribution in [0.3, 0.4) is 0 Å². The van der Waals surface area contributed by atoms with Crippen molar-refractivity contribution in [3.8, 4) is 11.5 Å². The zero-order valence-corrected chi connectivity index (χ0v) is 16.4. The number of methoxy groups -OCH3 is 1. The second-order valence-electron chi connectivity index (χ2n) is 5.86. The first kappa shape index (κ1) is 21.0. The number of hydrogen-bond donors (Lipinski definition) is 2. The minimum Gasteiger partial charge on any atom is -0.496 e. The molecule has 8 nitrogen and oxygen atoms in total. The molecule has 2 aromatic rings. The van der Waals surface area contributed by atoms with Crippen molar-refractivity contribution in [3.05, 3.63) is 58.6 Å². The highest BCUT2D eigenvalue weighted by atomic mass is 35.5. The van der Waals surface area contributed by atoms with E-state index in [4.69, 9.17) is 21.1 Å². The van der Waals surface area contributed by atoms with Gasteiger partial charge in [0, 0.05) is 24.7 Å².